The summed E-state index contributed by atoms with van der Waals surface area (Å²) in [7, 11) is 0. The highest BCUT2D eigenvalue weighted by molar-refractivity contribution is 6.05. The third kappa shape index (κ3) is 3.64. The summed E-state index contributed by atoms with van der Waals surface area (Å²) in [6, 6.07) is 11.6. The second-order valence-corrected chi connectivity index (χ2v) is 6.33. The first-order valence-electron chi connectivity index (χ1n) is 8.69. The molecular weight excluding hydrogens is 326 g/mol. The second-order valence-electron chi connectivity index (χ2n) is 6.33. The zero-order chi connectivity index (χ0) is 18.7. The molecule has 0 aliphatic heterocycles. The van der Waals surface area contributed by atoms with Crippen LogP contribution >= 0.6 is 0 Å². The number of para-hydroxylation sites is 1. The molecule has 0 bridgehead atoms. The maximum Gasteiger partial charge on any atom is 0.248 e. The fraction of sp³-hybridized carbons (Fsp3) is 0.227. The van der Waals surface area contributed by atoms with E-state index in [0.29, 0.717) is 12.4 Å². The number of benzene rings is 2. The molecule has 0 unspecified atom stereocenters. The van der Waals surface area contributed by atoms with Crippen LogP contribution in [0.2, 0.25) is 0 Å². The maximum absolute atomic E-state index is 12.5. The van der Waals surface area contributed by atoms with Gasteiger partial charge in [-0.15, -0.1) is 0 Å². The van der Waals surface area contributed by atoms with Gasteiger partial charge in [-0.05, 0) is 56.5 Å². The Labute approximate surface area is 153 Å². The van der Waals surface area contributed by atoms with Crippen molar-refractivity contribution in [2.45, 2.75) is 27.7 Å². The van der Waals surface area contributed by atoms with Gasteiger partial charge in [-0.1, -0.05) is 18.2 Å². The first-order chi connectivity index (χ1) is 12.5. The van der Waals surface area contributed by atoms with Crippen LogP contribution in [-0.4, -0.2) is 12.5 Å². The van der Waals surface area contributed by atoms with E-state index in [1.165, 1.54) is 0 Å². The van der Waals surface area contributed by atoms with Gasteiger partial charge in [0.2, 0.25) is 5.91 Å². The summed E-state index contributed by atoms with van der Waals surface area (Å²) >= 11 is 0. The molecule has 0 saturated carbocycles. The number of hydrogen-bond acceptors (Lipinski definition) is 3. The third-order valence-corrected chi connectivity index (χ3v) is 4.34. The van der Waals surface area contributed by atoms with Crippen LogP contribution in [0.25, 0.3) is 16.5 Å². The smallest absolute Gasteiger partial charge is 0.248 e. The van der Waals surface area contributed by atoms with Crippen molar-refractivity contribution in [2.75, 3.05) is 11.9 Å². The summed E-state index contributed by atoms with van der Waals surface area (Å²) < 4.78 is 11.3. The van der Waals surface area contributed by atoms with Crippen molar-refractivity contribution in [3.05, 3.63) is 65.4 Å². The molecular formula is C22H23NO3. The lowest BCUT2D eigenvalue weighted by molar-refractivity contribution is -0.111. The van der Waals surface area contributed by atoms with Gasteiger partial charge in [-0.2, -0.15) is 0 Å². The predicted octanol–water partition coefficient (Wildman–Crippen LogP) is 5.49. The number of furan rings is 1. The summed E-state index contributed by atoms with van der Waals surface area (Å²) in [5.41, 5.74) is 5.41. The Morgan fingerprint density at radius 1 is 1.19 bits per heavy atom. The van der Waals surface area contributed by atoms with Crippen molar-refractivity contribution >= 4 is 28.1 Å². The van der Waals surface area contributed by atoms with Gasteiger partial charge in [0.15, 0.2) is 0 Å². The minimum Gasteiger partial charge on any atom is -0.493 e. The molecule has 4 nitrogen and oxygen atoms in total. The molecule has 0 saturated heterocycles. The zero-order valence-electron chi connectivity index (χ0n) is 15.6. The van der Waals surface area contributed by atoms with E-state index < -0.39 is 0 Å². The molecule has 134 valence electrons. The average Bonchev–Trinajstić information content (AvgIpc) is 2.97. The predicted molar refractivity (Wildman–Crippen MR) is 106 cm³/mol. The number of anilines is 1. The number of ether oxygens (including phenoxy) is 1. The molecule has 0 radical (unpaired) electrons. The van der Waals surface area contributed by atoms with E-state index in [-0.39, 0.29) is 5.91 Å². The summed E-state index contributed by atoms with van der Waals surface area (Å²) in [6.45, 7) is 8.36. The Morgan fingerprint density at radius 2 is 1.96 bits per heavy atom. The van der Waals surface area contributed by atoms with Gasteiger partial charge in [0.25, 0.3) is 0 Å². The topological polar surface area (TPSA) is 51.5 Å². The number of allylic oxidation sites excluding steroid dienone is 1. The fourth-order valence-corrected chi connectivity index (χ4v) is 2.92. The molecule has 3 rings (SSSR count). The number of carbonyl (C=O) groups excluding carboxylic acids is 1. The van der Waals surface area contributed by atoms with Gasteiger partial charge in [0, 0.05) is 28.8 Å². The fourth-order valence-electron chi connectivity index (χ4n) is 2.92. The monoisotopic (exact) mass is 349 g/mol. The van der Waals surface area contributed by atoms with E-state index in [9.17, 15) is 4.79 Å². The van der Waals surface area contributed by atoms with E-state index in [1.807, 2.05) is 64.1 Å². The Morgan fingerprint density at radius 3 is 2.69 bits per heavy atom. The maximum atomic E-state index is 12.5. The van der Waals surface area contributed by atoms with E-state index in [0.717, 1.165) is 38.9 Å². The molecule has 3 aromatic rings. The van der Waals surface area contributed by atoms with Gasteiger partial charge in [-0.3, -0.25) is 4.79 Å². The Bertz CT molecular complexity index is 982. The van der Waals surface area contributed by atoms with Crippen LogP contribution in [0.3, 0.4) is 0 Å². The highest BCUT2D eigenvalue weighted by atomic mass is 16.5. The molecule has 26 heavy (non-hydrogen) atoms. The number of carbonyl (C=O) groups is 1. The quantitative estimate of drug-likeness (QED) is 0.620. The molecule has 0 atom stereocenters. The number of aryl methyl sites for hydroxylation is 2. The molecule has 1 N–H and O–H groups in total. The van der Waals surface area contributed by atoms with Crippen LogP contribution in [0, 0.1) is 13.8 Å². The normalized spacial score (nSPS) is 11.6. The summed E-state index contributed by atoms with van der Waals surface area (Å²) in [5.74, 6) is 0.551. The van der Waals surface area contributed by atoms with Crippen molar-refractivity contribution < 1.29 is 13.9 Å². The van der Waals surface area contributed by atoms with Crippen molar-refractivity contribution in [1.29, 1.82) is 0 Å². The van der Waals surface area contributed by atoms with Gasteiger partial charge in [0.1, 0.15) is 11.3 Å². The van der Waals surface area contributed by atoms with Gasteiger partial charge in [0.05, 0.1) is 12.9 Å². The molecule has 0 aliphatic rings. The molecule has 1 heterocycles. The zero-order valence-corrected chi connectivity index (χ0v) is 15.6. The van der Waals surface area contributed by atoms with Gasteiger partial charge >= 0.3 is 0 Å². The molecule has 4 heteroatoms. The lowest BCUT2D eigenvalue weighted by atomic mass is 10.0. The van der Waals surface area contributed by atoms with E-state index >= 15 is 0 Å². The largest absolute Gasteiger partial charge is 0.493 e. The van der Waals surface area contributed by atoms with Crippen LogP contribution in [0.4, 0.5) is 5.69 Å². The van der Waals surface area contributed by atoms with Crippen molar-refractivity contribution in [1.82, 2.24) is 0 Å². The van der Waals surface area contributed by atoms with Crippen LogP contribution in [-0.2, 0) is 4.79 Å². The molecule has 1 amide bonds. The number of fused-ring (bicyclic) bond motifs is 1. The minimum absolute atomic E-state index is 0.164. The van der Waals surface area contributed by atoms with Gasteiger partial charge in [-0.25, -0.2) is 0 Å². The molecule has 0 spiro atoms. The Hall–Kier alpha value is -3.01. The molecule has 0 aliphatic carbocycles. The lowest BCUT2D eigenvalue weighted by Gasteiger charge is -2.12. The summed E-state index contributed by atoms with van der Waals surface area (Å²) in [5, 5.41) is 3.95. The molecule has 0 fully saturated rings. The second kappa shape index (κ2) is 7.48. The molecule has 2 aromatic carbocycles. The van der Waals surface area contributed by atoms with Crippen LogP contribution in [0.1, 0.15) is 30.5 Å². The average molecular weight is 349 g/mol. The van der Waals surface area contributed by atoms with E-state index in [4.69, 9.17) is 9.15 Å². The standard InChI is InChI=1S/C22H23NO3/c1-5-25-20-12-21-18(16(4)13-26-21)11-17(20)15(3)10-22(24)23-19-9-7-6-8-14(19)2/h6-13H,5H2,1-4H3,(H,23,24)/b15-10+. The number of hydrogen-bond donors (Lipinski definition) is 1. The number of nitrogens with one attached hydrogen (secondary N) is 1. The highest BCUT2D eigenvalue weighted by Crippen LogP contribution is 2.33. The lowest BCUT2D eigenvalue weighted by Crippen LogP contribution is -2.09. The first kappa shape index (κ1) is 17.8. The Balaban J connectivity index is 1.94. The number of rotatable bonds is 5. The highest BCUT2D eigenvalue weighted by Gasteiger charge is 2.13. The van der Waals surface area contributed by atoms with Crippen molar-refractivity contribution in [3.8, 4) is 5.75 Å². The third-order valence-electron chi connectivity index (χ3n) is 4.34. The summed E-state index contributed by atoms with van der Waals surface area (Å²) in [6.07, 6.45) is 3.33. The van der Waals surface area contributed by atoms with E-state index in [2.05, 4.69) is 5.32 Å². The van der Waals surface area contributed by atoms with Crippen LogP contribution in [0.15, 0.2) is 53.2 Å². The van der Waals surface area contributed by atoms with Crippen molar-refractivity contribution in [3.63, 3.8) is 0 Å². The van der Waals surface area contributed by atoms with Crippen LogP contribution < -0.4 is 10.1 Å². The first-order valence-corrected chi connectivity index (χ1v) is 8.69. The van der Waals surface area contributed by atoms with Crippen molar-refractivity contribution in [2.24, 2.45) is 0 Å². The number of amides is 1. The van der Waals surface area contributed by atoms with Crippen LogP contribution in [0.5, 0.6) is 5.75 Å². The SMILES string of the molecule is CCOc1cc2occ(C)c2cc1/C(C)=C/C(=O)Nc1ccccc1C. The Kier molecular flexibility index (Phi) is 5.12. The summed E-state index contributed by atoms with van der Waals surface area (Å²) in [4.78, 5) is 12.5. The van der Waals surface area contributed by atoms with E-state index in [1.54, 1.807) is 12.3 Å². The minimum atomic E-state index is -0.164. The molecule has 1 aromatic heterocycles. The van der Waals surface area contributed by atoms with Gasteiger partial charge < -0.3 is 14.5 Å².